The Balaban J connectivity index is 2.94. The molecule has 0 unspecified atom stereocenters. The Hall–Kier alpha value is -1.88. The Morgan fingerprint density at radius 2 is 2.35 bits per heavy atom. The molecular weight excluding hydrogens is 224 g/mol. The number of nitrogen functional groups attached to an aromatic ring is 1. The zero-order valence-electron chi connectivity index (χ0n) is 9.22. The fourth-order valence-corrected chi connectivity index (χ4v) is 1.07. The van der Waals surface area contributed by atoms with Gasteiger partial charge in [0.1, 0.15) is 12.5 Å². The van der Waals surface area contributed by atoms with Crippen molar-refractivity contribution < 1.29 is 9.84 Å². The van der Waals surface area contributed by atoms with Gasteiger partial charge in [-0.1, -0.05) is 11.8 Å². The highest BCUT2D eigenvalue weighted by molar-refractivity contribution is 5.48. The molecule has 1 aromatic rings. The van der Waals surface area contributed by atoms with E-state index in [0.29, 0.717) is 5.56 Å². The minimum absolute atomic E-state index is 0.00994. The Morgan fingerprint density at radius 1 is 1.59 bits per heavy atom. The van der Waals surface area contributed by atoms with E-state index in [9.17, 15) is 4.79 Å². The van der Waals surface area contributed by atoms with Crippen LogP contribution in [0.25, 0.3) is 0 Å². The molecule has 0 aliphatic heterocycles. The summed E-state index contributed by atoms with van der Waals surface area (Å²) >= 11 is 0. The minimum atomic E-state index is -0.529. The summed E-state index contributed by atoms with van der Waals surface area (Å²) in [6.07, 6.45) is 1.45. The number of rotatable bonds is 4. The van der Waals surface area contributed by atoms with Crippen LogP contribution in [0.1, 0.15) is 5.56 Å². The fraction of sp³-hybridized carbons (Fsp3) is 0.400. The van der Waals surface area contributed by atoms with Gasteiger partial charge in [-0.25, -0.2) is 4.79 Å². The minimum Gasteiger partial charge on any atom is -0.394 e. The van der Waals surface area contributed by atoms with Crippen molar-refractivity contribution in [3.8, 4) is 11.8 Å². The number of hydrogen-bond donors (Lipinski definition) is 3. The van der Waals surface area contributed by atoms with Gasteiger partial charge in [-0.05, 0) is 0 Å². The first kappa shape index (κ1) is 13.2. The molecule has 0 saturated heterocycles. The molecule has 1 rings (SSSR count). The molecule has 0 aromatic carbocycles. The molecule has 17 heavy (non-hydrogen) atoms. The first-order valence-corrected chi connectivity index (χ1v) is 4.93. The van der Waals surface area contributed by atoms with E-state index in [4.69, 9.17) is 21.3 Å². The number of aromatic nitrogens is 2. The van der Waals surface area contributed by atoms with Crippen molar-refractivity contribution in [1.29, 1.82) is 0 Å². The van der Waals surface area contributed by atoms with Crippen LogP contribution in [0, 0.1) is 11.8 Å². The summed E-state index contributed by atoms with van der Waals surface area (Å²) in [5, 5.41) is 8.54. The van der Waals surface area contributed by atoms with Gasteiger partial charge in [0.25, 0.3) is 0 Å². The zero-order chi connectivity index (χ0) is 12.7. The van der Waals surface area contributed by atoms with Crippen molar-refractivity contribution >= 4 is 5.82 Å². The van der Waals surface area contributed by atoms with Crippen molar-refractivity contribution in [3.05, 3.63) is 22.2 Å². The number of aliphatic hydroxyl groups excluding tert-OH is 1. The van der Waals surface area contributed by atoms with E-state index in [0.717, 1.165) is 0 Å². The number of hydrogen-bond acceptors (Lipinski definition) is 6. The van der Waals surface area contributed by atoms with E-state index in [1.54, 1.807) is 0 Å². The molecule has 1 aromatic heterocycles. The van der Waals surface area contributed by atoms with Gasteiger partial charge in [-0.15, -0.1) is 0 Å². The van der Waals surface area contributed by atoms with E-state index in [-0.39, 0.29) is 32.3 Å². The lowest BCUT2D eigenvalue weighted by atomic mass is 10.3. The third-order valence-corrected chi connectivity index (χ3v) is 1.81. The monoisotopic (exact) mass is 238 g/mol. The standard InChI is InChI=1S/C10H14N4O3/c11-3-1-2-8-6-14(7-17-5-4-15)10(16)13-9(8)12/h6,15H,3-5,7,11H2,(H2,12,13,16). The molecule has 0 aliphatic rings. The van der Waals surface area contributed by atoms with E-state index in [2.05, 4.69) is 16.8 Å². The Kier molecular flexibility index (Phi) is 5.16. The lowest BCUT2D eigenvalue weighted by Crippen LogP contribution is -2.26. The zero-order valence-corrected chi connectivity index (χ0v) is 9.22. The molecule has 7 heteroatoms. The van der Waals surface area contributed by atoms with Gasteiger partial charge in [0.2, 0.25) is 0 Å². The second-order valence-corrected chi connectivity index (χ2v) is 3.06. The summed E-state index contributed by atoms with van der Waals surface area (Å²) in [5.74, 6) is 5.39. The molecule has 0 spiro atoms. The highest BCUT2D eigenvalue weighted by Crippen LogP contribution is 2.02. The summed E-state index contributed by atoms with van der Waals surface area (Å²) in [6.45, 7) is 0.209. The number of ether oxygens (including phenoxy) is 1. The molecule has 0 fully saturated rings. The van der Waals surface area contributed by atoms with Crippen LogP contribution in [0.2, 0.25) is 0 Å². The van der Waals surface area contributed by atoms with Crippen LogP contribution in [0.5, 0.6) is 0 Å². The van der Waals surface area contributed by atoms with Crippen LogP contribution in [0.4, 0.5) is 5.82 Å². The normalized spacial score (nSPS) is 9.76. The van der Waals surface area contributed by atoms with Crippen molar-refractivity contribution in [1.82, 2.24) is 9.55 Å². The fourth-order valence-electron chi connectivity index (χ4n) is 1.07. The summed E-state index contributed by atoms with van der Waals surface area (Å²) in [6, 6.07) is 0. The Labute approximate surface area is 98.0 Å². The van der Waals surface area contributed by atoms with Crippen LogP contribution in [-0.2, 0) is 11.5 Å². The third-order valence-electron chi connectivity index (χ3n) is 1.81. The highest BCUT2D eigenvalue weighted by atomic mass is 16.5. The average Bonchev–Trinajstić information content (AvgIpc) is 2.31. The van der Waals surface area contributed by atoms with E-state index in [1.807, 2.05) is 0 Å². The lowest BCUT2D eigenvalue weighted by molar-refractivity contribution is 0.0457. The van der Waals surface area contributed by atoms with E-state index >= 15 is 0 Å². The van der Waals surface area contributed by atoms with Gasteiger partial charge in [0.15, 0.2) is 0 Å². The smallest absolute Gasteiger partial charge is 0.351 e. The van der Waals surface area contributed by atoms with E-state index < -0.39 is 5.69 Å². The predicted molar refractivity (Wildman–Crippen MR) is 61.9 cm³/mol. The molecule has 5 N–H and O–H groups in total. The molecule has 0 radical (unpaired) electrons. The largest absolute Gasteiger partial charge is 0.394 e. The lowest BCUT2D eigenvalue weighted by Gasteiger charge is -2.06. The maximum atomic E-state index is 11.4. The molecule has 0 bridgehead atoms. The van der Waals surface area contributed by atoms with Gasteiger partial charge in [-0.3, -0.25) is 4.57 Å². The molecule has 1 heterocycles. The molecule has 0 amide bonds. The predicted octanol–water partition coefficient (Wildman–Crippen LogP) is -1.90. The van der Waals surface area contributed by atoms with Crippen molar-refractivity contribution in [2.75, 3.05) is 25.5 Å². The van der Waals surface area contributed by atoms with Gasteiger partial charge >= 0.3 is 5.69 Å². The average molecular weight is 238 g/mol. The molecular formula is C10H14N4O3. The topological polar surface area (TPSA) is 116 Å². The van der Waals surface area contributed by atoms with Crippen LogP contribution in [0.15, 0.2) is 11.0 Å². The van der Waals surface area contributed by atoms with Gasteiger partial charge in [-0.2, -0.15) is 4.98 Å². The number of anilines is 1. The molecule has 7 nitrogen and oxygen atoms in total. The summed E-state index contributed by atoms with van der Waals surface area (Å²) in [7, 11) is 0. The summed E-state index contributed by atoms with van der Waals surface area (Å²) < 4.78 is 6.22. The Morgan fingerprint density at radius 3 is 3.00 bits per heavy atom. The molecule has 92 valence electrons. The van der Waals surface area contributed by atoms with Crippen LogP contribution < -0.4 is 17.2 Å². The number of aliphatic hydroxyl groups is 1. The quantitative estimate of drug-likeness (QED) is 0.417. The number of nitrogens with zero attached hydrogens (tertiary/aromatic N) is 2. The first-order chi connectivity index (χ1) is 8.19. The van der Waals surface area contributed by atoms with Crippen molar-refractivity contribution in [2.45, 2.75) is 6.73 Å². The highest BCUT2D eigenvalue weighted by Gasteiger charge is 2.03. The molecule has 0 saturated carbocycles. The molecule has 0 atom stereocenters. The molecule has 0 aliphatic carbocycles. The van der Waals surface area contributed by atoms with Crippen molar-refractivity contribution in [2.24, 2.45) is 5.73 Å². The van der Waals surface area contributed by atoms with Gasteiger partial charge in [0, 0.05) is 6.20 Å². The second-order valence-electron chi connectivity index (χ2n) is 3.06. The number of nitrogens with two attached hydrogens (primary N) is 2. The van der Waals surface area contributed by atoms with Crippen LogP contribution >= 0.6 is 0 Å². The van der Waals surface area contributed by atoms with Gasteiger partial charge < -0.3 is 21.3 Å². The van der Waals surface area contributed by atoms with Crippen LogP contribution in [0.3, 0.4) is 0 Å². The Bertz CT molecular complexity index is 487. The SMILES string of the molecule is NCC#Cc1cn(COCCO)c(=O)nc1N. The summed E-state index contributed by atoms with van der Waals surface area (Å²) in [5.41, 5.74) is 10.7. The van der Waals surface area contributed by atoms with Crippen LogP contribution in [-0.4, -0.2) is 34.4 Å². The second kappa shape index (κ2) is 6.65. The van der Waals surface area contributed by atoms with E-state index in [1.165, 1.54) is 10.8 Å². The summed E-state index contributed by atoms with van der Waals surface area (Å²) in [4.78, 5) is 15.0. The maximum Gasteiger partial charge on any atom is 0.351 e. The third kappa shape index (κ3) is 3.88. The maximum absolute atomic E-state index is 11.4. The van der Waals surface area contributed by atoms with Crippen molar-refractivity contribution in [3.63, 3.8) is 0 Å². The first-order valence-electron chi connectivity index (χ1n) is 4.93. The van der Waals surface area contributed by atoms with Gasteiger partial charge in [0.05, 0.1) is 25.3 Å².